The number of anilines is 1. The highest BCUT2D eigenvalue weighted by molar-refractivity contribution is 5.89. The normalized spacial score (nSPS) is 9.07. The number of hydrogen-bond acceptors (Lipinski definition) is 4. The summed E-state index contributed by atoms with van der Waals surface area (Å²) in [6.07, 6.45) is 0. The molecular formula is C8H7N4O3+. The average Bonchev–Trinajstić information content (AvgIpc) is 2.16. The first-order valence-corrected chi connectivity index (χ1v) is 3.95. The van der Waals surface area contributed by atoms with Crippen LogP contribution in [0.3, 0.4) is 0 Å². The van der Waals surface area contributed by atoms with Gasteiger partial charge in [0.25, 0.3) is 0 Å². The molecule has 76 valence electrons. The summed E-state index contributed by atoms with van der Waals surface area (Å²) in [7, 11) is 0. The van der Waals surface area contributed by atoms with Crippen LogP contribution in [0.1, 0.15) is 6.92 Å². The van der Waals surface area contributed by atoms with E-state index in [1.165, 1.54) is 19.1 Å². The van der Waals surface area contributed by atoms with Crippen LogP contribution in [0.4, 0.5) is 17.1 Å². The number of nitrogens with one attached hydrogen (secondary N) is 1. The molecule has 0 aromatic heterocycles. The van der Waals surface area contributed by atoms with Gasteiger partial charge in [0.15, 0.2) is 4.98 Å². The van der Waals surface area contributed by atoms with Crippen molar-refractivity contribution in [3.63, 3.8) is 0 Å². The van der Waals surface area contributed by atoms with Gasteiger partial charge in [0.2, 0.25) is 11.3 Å². The highest BCUT2D eigenvalue weighted by atomic mass is 16.6. The second-order valence-corrected chi connectivity index (χ2v) is 2.74. The molecule has 0 aliphatic carbocycles. The van der Waals surface area contributed by atoms with E-state index >= 15 is 0 Å². The lowest BCUT2D eigenvalue weighted by Gasteiger charge is -1.98. The summed E-state index contributed by atoms with van der Waals surface area (Å²) in [5, 5.41) is 21.4. The van der Waals surface area contributed by atoms with Crippen molar-refractivity contribution in [2.45, 2.75) is 6.92 Å². The van der Waals surface area contributed by atoms with E-state index in [4.69, 9.17) is 5.39 Å². The number of carbonyl (C=O) groups excluding carboxylic acids is 1. The van der Waals surface area contributed by atoms with Gasteiger partial charge in [-0.15, -0.1) is 0 Å². The molecule has 0 saturated heterocycles. The van der Waals surface area contributed by atoms with Gasteiger partial charge in [-0.2, -0.15) is 0 Å². The van der Waals surface area contributed by atoms with Crippen LogP contribution in [-0.4, -0.2) is 10.8 Å². The van der Waals surface area contributed by atoms with Crippen molar-refractivity contribution in [1.29, 1.82) is 5.39 Å². The van der Waals surface area contributed by atoms with Crippen LogP contribution in [0.25, 0.3) is 4.98 Å². The minimum Gasteiger partial charge on any atom is -0.326 e. The summed E-state index contributed by atoms with van der Waals surface area (Å²) in [5.74, 6) is -0.312. The predicted molar refractivity (Wildman–Crippen MR) is 52.1 cm³/mol. The van der Waals surface area contributed by atoms with Crippen LogP contribution < -0.4 is 5.32 Å². The third-order valence-electron chi connectivity index (χ3n) is 1.60. The molecule has 0 radical (unpaired) electrons. The van der Waals surface area contributed by atoms with Crippen LogP contribution in [0.15, 0.2) is 18.2 Å². The Morgan fingerprint density at radius 1 is 1.60 bits per heavy atom. The minimum absolute atomic E-state index is 0.203. The molecule has 0 spiro atoms. The lowest BCUT2D eigenvalue weighted by atomic mass is 10.2. The quantitative estimate of drug-likeness (QED) is 0.455. The topological polar surface area (TPSA) is 100 Å². The van der Waals surface area contributed by atoms with Gasteiger partial charge in [-0.05, 0) is 6.07 Å². The summed E-state index contributed by atoms with van der Waals surface area (Å²) in [5.41, 5.74) is -0.196. The summed E-state index contributed by atoms with van der Waals surface area (Å²) in [6, 6.07) is 3.72. The van der Waals surface area contributed by atoms with Gasteiger partial charge in [0, 0.05) is 18.7 Å². The van der Waals surface area contributed by atoms with Crippen LogP contribution in [0.2, 0.25) is 0 Å². The van der Waals surface area contributed by atoms with E-state index < -0.39 is 4.92 Å². The van der Waals surface area contributed by atoms with Crippen molar-refractivity contribution >= 4 is 23.0 Å². The van der Waals surface area contributed by atoms with Crippen molar-refractivity contribution in [2.24, 2.45) is 0 Å². The largest absolute Gasteiger partial charge is 0.463 e. The summed E-state index contributed by atoms with van der Waals surface area (Å²) >= 11 is 0. The fourth-order valence-corrected chi connectivity index (χ4v) is 1.04. The predicted octanol–water partition coefficient (Wildman–Crippen LogP) is 2.04. The van der Waals surface area contributed by atoms with Gasteiger partial charge in [-0.25, -0.2) is 0 Å². The van der Waals surface area contributed by atoms with Crippen molar-refractivity contribution in [1.82, 2.24) is 0 Å². The Morgan fingerprint density at radius 3 is 2.73 bits per heavy atom. The first-order valence-electron chi connectivity index (χ1n) is 3.95. The summed E-state index contributed by atoms with van der Waals surface area (Å²) in [4.78, 5) is 23.2. The van der Waals surface area contributed by atoms with E-state index in [9.17, 15) is 14.9 Å². The number of nitro groups is 1. The number of hydrogen-bond donors (Lipinski definition) is 1. The minimum atomic E-state index is -0.674. The van der Waals surface area contributed by atoms with E-state index in [1.807, 2.05) is 0 Å². The van der Waals surface area contributed by atoms with Crippen molar-refractivity contribution < 1.29 is 9.72 Å². The van der Waals surface area contributed by atoms with Crippen LogP contribution >= 0.6 is 0 Å². The molecule has 1 rings (SSSR count). The van der Waals surface area contributed by atoms with E-state index in [2.05, 4.69) is 10.3 Å². The Labute approximate surface area is 84.5 Å². The summed E-state index contributed by atoms with van der Waals surface area (Å²) in [6.45, 7) is 1.30. The number of amides is 1. The molecule has 0 aliphatic rings. The van der Waals surface area contributed by atoms with Gasteiger partial charge in [-0.3, -0.25) is 14.9 Å². The fraction of sp³-hybridized carbons (Fsp3) is 0.125. The molecule has 1 aromatic carbocycles. The molecule has 0 unspecified atom stereocenters. The number of benzene rings is 1. The van der Waals surface area contributed by atoms with Gasteiger partial charge in [0.05, 0.1) is 11.0 Å². The number of carbonyl (C=O) groups is 1. The maximum atomic E-state index is 10.7. The molecule has 1 amide bonds. The molecule has 7 nitrogen and oxygen atoms in total. The first kappa shape index (κ1) is 10.6. The number of nitrogens with zero attached hydrogens (tertiary/aromatic N) is 3. The molecule has 1 N–H and O–H groups in total. The standard InChI is InChI=1S/C8H6N4O3/c1-5(13)10-6-2-3-8(12(14)15)7(4-6)11-9/h2-4H,1H3/p+1. The van der Waals surface area contributed by atoms with Gasteiger partial charge < -0.3 is 5.32 Å². The fourth-order valence-electron chi connectivity index (χ4n) is 1.04. The van der Waals surface area contributed by atoms with Gasteiger partial charge >= 0.3 is 11.4 Å². The van der Waals surface area contributed by atoms with E-state index in [1.54, 1.807) is 0 Å². The van der Waals surface area contributed by atoms with Gasteiger partial charge in [0.1, 0.15) is 0 Å². The molecule has 1 aromatic rings. The molecule has 15 heavy (non-hydrogen) atoms. The molecule has 0 bridgehead atoms. The van der Waals surface area contributed by atoms with E-state index in [0.29, 0.717) is 5.69 Å². The number of diazo groups is 1. The second-order valence-electron chi connectivity index (χ2n) is 2.74. The van der Waals surface area contributed by atoms with E-state index in [-0.39, 0.29) is 17.3 Å². The highest BCUT2D eigenvalue weighted by Crippen LogP contribution is 2.30. The number of rotatable bonds is 2. The van der Waals surface area contributed by atoms with Crippen LogP contribution in [-0.2, 0) is 4.79 Å². The zero-order chi connectivity index (χ0) is 11.4. The Morgan fingerprint density at radius 2 is 2.27 bits per heavy atom. The lowest BCUT2D eigenvalue weighted by Crippen LogP contribution is -2.05. The first-order chi connectivity index (χ1) is 7.04. The maximum absolute atomic E-state index is 10.7. The Kier molecular flexibility index (Phi) is 2.93. The van der Waals surface area contributed by atoms with Crippen LogP contribution in [0.5, 0.6) is 0 Å². The lowest BCUT2D eigenvalue weighted by molar-refractivity contribution is -0.383. The van der Waals surface area contributed by atoms with Crippen molar-refractivity contribution in [2.75, 3.05) is 5.32 Å². The SMILES string of the molecule is CC(=O)Nc1ccc([N+](=O)[O-])c([N+]#N)c1. The zero-order valence-corrected chi connectivity index (χ0v) is 7.80. The third-order valence-corrected chi connectivity index (χ3v) is 1.60. The molecule has 0 atom stereocenters. The monoisotopic (exact) mass is 207 g/mol. The zero-order valence-electron chi connectivity index (χ0n) is 7.80. The Balaban J connectivity index is 3.15. The molecule has 0 fully saturated rings. The smallest absolute Gasteiger partial charge is 0.326 e. The number of nitro benzene ring substituents is 1. The molecule has 7 heteroatoms. The van der Waals surface area contributed by atoms with Gasteiger partial charge in [-0.1, -0.05) is 0 Å². The average molecular weight is 207 g/mol. The Hall–Kier alpha value is -2.49. The molecular weight excluding hydrogens is 200 g/mol. The molecule has 0 heterocycles. The third kappa shape index (κ3) is 2.47. The van der Waals surface area contributed by atoms with Crippen molar-refractivity contribution in [3.05, 3.63) is 33.3 Å². The second kappa shape index (κ2) is 4.15. The maximum Gasteiger partial charge on any atom is 0.463 e. The van der Waals surface area contributed by atoms with Crippen LogP contribution in [0, 0.1) is 15.5 Å². The Bertz CT molecular complexity index is 463. The molecule has 0 aliphatic heterocycles. The molecule has 0 saturated carbocycles. The van der Waals surface area contributed by atoms with E-state index in [0.717, 1.165) is 6.07 Å². The van der Waals surface area contributed by atoms with Crippen molar-refractivity contribution in [3.8, 4) is 0 Å². The summed E-state index contributed by atoms with van der Waals surface area (Å²) < 4.78 is 0. The highest BCUT2D eigenvalue weighted by Gasteiger charge is 2.24.